The number of para-hydroxylation sites is 1. The Balaban J connectivity index is 0.000000138. The molecule has 1 nitrogen and oxygen atoms in total. The van der Waals surface area contributed by atoms with Crippen molar-refractivity contribution in [2.75, 3.05) is 6.61 Å². The van der Waals surface area contributed by atoms with E-state index in [4.69, 9.17) is 4.74 Å². The van der Waals surface area contributed by atoms with E-state index in [1.807, 2.05) is 48.5 Å². The van der Waals surface area contributed by atoms with Gasteiger partial charge in [0, 0.05) is 11.5 Å². The van der Waals surface area contributed by atoms with Crippen LogP contribution in [0.1, 0.15) is 18.4 Å². The molecule has 1 heterocycles. The third-order valence-electron chi connectivity index (χ3n) is 2.61. The van der Waals surface area contributed by atoms with Crippen LogP contribution < -0.4 is 4.74 Å². The highest BCUT2D eigenvalue weighted by Gasteiger charge is 2.17. The van der Waals surface area contributed by atoms with E-state index in [9.17, 15) is 0 Å². The zero-order chi connectivity index (χ0) is 11.2. The SMILES string of the molecule is CC1COc2ccccc21.c1ccccc1. The summed E-state index contributed by atoms with van der Waals surface area (Å²) in [7, 11) is 0. The van der Waals surface area contributed by atoms with Crippen LogP contribution in [0.2, 0.25) is 0 Å². The van der Waals surface area contributed by atoms with Crippen LogP contribution in [0.4, 0.5) is 0 Å². The molecule has 0 spiro atoms. The Labute approximate surface area is 96.7 Å². The molecule has 1 aliphatic heterocycles. The predicted molar refractivity (Wildman–Crippen MR) is 66.8 cm³/mol. The van der Waals surface area contributed by atoms with Crippen LogP contribution in [0.25, 0.3) is 0 Å². The summed E-state index contributed by atoms with van der Waals surface area (Å²) in [5, 5.41) is 0. The van der Waals surface area contributed by atoms with E-state index in [1.54, 1.807) is 0 Å². The molecular weight excluding hydrogens is 196 g/mol. The lowest BCUT2D eigenvalue weighted by Crippen LogP contribution is -1.93. The van der Waals surface area contributed by atoms with E-state index >= 15 is 0 Å². The Morgan fingerprint density at radius 2 is 1.44 bits per heavy atom. The fourth-order valence-corrected chi connectivity index (χ4v) is 1.71. The van der Waals surface area contributed by atoms with Gasteiger partial charge in [-0.3, -0.25) is 0 Å². The Hall–Kier alpha value is -1.76. The minimum atomic E-state index is 0.580. The summed E-state index contributed by atoms with van der Waals surface area (Å²) in [5.41, 5.74) is 1.35. The molecular formula is C15H16O. The number of ether oxygens (including phenoxy) is 1. The van der Waals surface area contributed by atoms with Gasteiger partial charge in [0.2, 0.25) is 0 Å². The molecule has 1 aliphatic rings. The fourth-order valence-electron chi connectivity index (χ4n) is 1.71. The second-order valence-electron chi connectivity index (χ2n) is 3.90. The second kappa shape index (κ2) is 5.36. The van der Waals surface area contributed by atoms with Crippen LogP contribution in [-0.2, 0) is 0 Å². The van der Waals surface area contributed by atoms with Crippen molar-refractivity contribution < 1.29 is 4.74 Å². The first-order chi connectivity index (χ1) is 7.88. The van der Waals surface area contributed by atoms with Gasteiger partial charge in [-0.1, -0.05) is 61.5 Å². The van der Waals surface area contributed by atoms with Crippen molar-refractivity contribution in [3.05, 3.63) is 66.2 Å². The van der Waals surface area contributed by atoms with Crippen molar-refractivity contribution in [2.45, 2.75) is 12.8 Å². The summed E-state index contributed by atoms with van der Waals surface area (Å²) in [6.45, 7) is 3.03. The van der Waals surface area contributed by atoms with Crippen LogP contribution in [0, 0.1) is 0 Å². The second-order valence-corrected chi connectivity index (χ2v) is 3.90. The average Bonchev–Trinajstić information content (AvgIpc) is 2.75. The first kappa shape index (κ1) is 10.7. The molecule has 0 saturated heterocycles. The van der Waals surface area contributed by atoms with Gasteiger partial charge in [-0.25, -0.2) is 0 Å². The van der Waals surface area contributed by atoms with E-state index in [0.717, 1.165) is 12.4 Å². The van der Waals surface area contributed by atoms with Crippen LogP contribution >= 0.6 is 0 Å². The van der Waals surface area contributed by atoms with Gasteiger partial charge >= 0.3 is 0 Å². The number of hydrogen-bond donors (Lipinski definition) is 0. The van der Waals surface area contributed by atoms with E-state index in [2.05, 4.69) is 19.1 Å². The average molecular weight is 212 g/mol. The summed E-state index contributed by atoms with van der Waals surface area (Å²) < 4.78 is 5.41. The number of rotatable bonds is 0. The normalized spacial score (nSPS) is 16.7. The quantitative estimate of drug-likeness (QED) is 0.644. The molecule has 0 amide bonds. The van der Waals surface area contributed by atoms with Crippen molar-refractivity contribution in [3.8, 4) is 5.75 Å². The van der Waals surface area contributed by atoms with Crippen LogP contribution in [0.15, 0.2) is 60.7 Å². The van der Waals surface area contributed by atoms with Gasteiger partial charge in [0.25, 0.3) is 0 Å². The molecule has 82 valence electrons. The van der Waals surface area contributed by atoms with Gasteiger partial charge in [-0.05, 0) is 6.07 Å². The standard InChI is InChI=1S/C9H10O.C6H6/c1-7-6-10-9-5-3-2-4-8(7)9;1-2-4-6-5-3-1/h2-5,7H,6H2,1H3;1-6H. The molecule has 16 heavy (non-hydrogen) atoms. The molecule has 0 N–H and O–H groups in total. The van der Waals surface area contributed by atoms with Gasteiger partial charge in [-0.15, -0.1) is 0 Å². The highest BCUT2D eigenvalue weighted by Crippen LogP contribution is 2.32. The molecule has 0 saturated carbocycles. The zero-order valence-corrected chi connectivity index (χ0v) is 9.47. The molecule has 0 radical (unpaired) electrons. The van der Waals surface area contributed by atoms with Crippen molar-refractivity contribution >= 4 is 0 Å². The van der Waals surface area contributed by atoms with Crippen LogP contribution in [0.5, 0.6) is 5.75 Å². The largest absolute Gasteiger partial charge is 0.493 e. The maximum absolute atomic E-state index is 5.41. The van der Waals surface area contributed by atoms with Crippen LogP contribution in [-0.4, -0.2) is 6.61 Å². The maximum atomic E-state index is 5.41. The lowest BCUT2D eigenvalue weighted by atomic mass is 10.0. The Bertz CT molecular complexity index is 396. The first-order valence-corrected chi connectivity index (χ1v) is 5.59. The number of benzene rings is 2. The summed E-state index contributed by atoms with van der Waals surface area (Å²) in [5.74, 6) is 1.64. The van der Waals surface area contributed by atoms with Crippen molar-refractivity contribution in [1.29, 1.82) is 0 Å². The first-order valence-electron chi connectivity index (χ1n) is 5.59. The molecule has 0 fully saturated rings. The monoisotopic (exact) mass is 212 g/mol. The summed E-state index contributed by atoms with van der Waals surface area (Å²) in [6.07, 6.45) is 0. The lowest BCUT2D eigenvalue weighted by Gasteiger charge is -1.96. The fraction of sp³-hybridized carbons (Fsp3) is 0.200. The predicted octanol–water partition coefficient (Wildman–Crippen LogP) is 3.87. The Kier molecular flexibility index (Phi) is 3.60. The summed E-state index contributed by atoms with van der Waals surface area (Å²) >= 11 is 0. The smallest absolute Gasteiger partial charge is 0.122 e. The molecule has 0 aliphatic carbocycles. The maximum Gasteiger partial charge on any atom is 0.122 e. The highest BCUT2D eigenvalue weighted by molar-refractivity contribution is 5.38. The van der Waals surface area contributed by atoms with E-state index in [0.29, 0.717) is 5.92 Å². The third kappa shape index (κ3) is 2.63. The van der Waals surface area contributed by atoms with Gasteiger partial charge in [0.15, 0.2) is 0 Å². The minimum absolute atomic E-state index is 0.580. The van der Waals surface area contributed by atoms with Crippen molar-refractivity contribution in [3.63, 3.8) is 0 Å². The van der Waals surface area contributed by atoms with Gasteiger partial charge in [0.1, 0.15) is 5.75 Å². The molecule has 1 atom stereocenters. The zero-order valence-electron chi connectivity index (χ0n) is 9.47. The van der Waals surface area contributed by atoms with Gasteiger partial charge in [-0.2, -0.15) is 0 Å². The number of hydrogen-bond acceptors (Lipinski definition) is 1. The molecule has 1 heteroatoms. The third-order valence-corrected chi connectivity index (χ3v) is 2.61. The van der Waals surface area contributed by atoms with Gasteiger partial charge < -0.3 is 4.74 Å². The Morgan fingerprint density at radius 1 is 0.875 bits per heavy atom. The lowest BCUT2D eigenvalue weighted by molar-refractivity contribution is 0.337. The molecule has 3 rings (SSSR count). The van der Waals surface area contributed by atoms with Crippen molar-refractivity contribution in [1.82, 2.24) is 0 Å². The molecule has 2 aromatic rings. The van der Waals surface area contributed by atoms with E-state index < -0.39 is 0 Å². The van der Waals surface area contributed by atoms with Gasteiger partial charge in [0.05, 0.1) is 6.61 Å². The van der Waals surface area contributed by atoms with E-state index in [1.165, 1.54) is 5.56 Å². The summed E-state index contributed by atoms with van der Waals surface area (Å²) in [6, 6.07) is 20.2. The topological polar surface area (TPSA) is 9.23 Å². The van der Waals surface area contributed by atoms with Crippen molar-refractivity contribution in [2.24, 2.45) is 0 Å². The molecule has 1 unspecified atom stereocenters. The highest BCUT2D eigenvalue weighted by atomic mass is 16.5. The summed E-state index contributed by atoms with van der Waals surface area (Å²) in [4.78, 5) is 0. The minimum Gasteiger partial charge on any atom is -0.493 e. The van der Waals surface area contributed by atoms with E-state index in [-0.39, 0.29) is 0 Å². The molecule has 0 aromatic heterocycles. The molecule has 2 aromatic carbocycles. The van der Waals surface area contributed by atoms with Crippen LogP contribution in [0.3, 0.4) is 0 Å². The Morgan fingerprint density at radius 3 is 2.00 bits per heavy atom. The number of fused-ring (bicyclic) bond motifs is 1. The molecule has 0 bridgehead atoms.